The van der Waals surface area contributed by atoms with Crippen LogP contribution in [-0.2, 0) is 17.8 Å². The van der Waals surface area contributed by atoms with E-state index in [1.54, 1.807) is 14.0 Å². The molecule has 0 saturated carbocycles. The fourth-order valence-corrected chi connectivity index (χ4v) is 1.88. The second-order valence-electron chi connectivity index (χ2n) is 3.92. The Bertz CT molecular complexity index is 374. The second kappa shape index (κ2) is 4.72. The normalized spacial score (nSPS) is 15.2. The number of rotatable bonds is 4. The molecule has 0 spiro atoms. The third kappa shape index (κ3) is 2.13. The highest BCUT2D eigenvalue weighted by Crippen LogP contribution is 2.38. The zero-order chi connectivity index (χ0) is 11.5. The van der Waals surface area contributed by atoms with Crippen molar-refractivity contribution in [1.29, 1.82) is 0 Å². The number of hydrogen-bond acceptors (Lipinski definition) is 4. The smallest absolute Gasteiger partial charge is 0.231 e. The number of fused-ring (bicyclic) bond motifs is 1. The van der Waals surface area contributed by atoms with Crippen molar-refractivity contribution >= 4 is 0 Å². The summed E-state index contributed by atoms with van der Waals surface area (Å²) < 4.78 is 15.9. The van der Waals surface area contributed by atoms with Crippen LogP contribution in [0.3, 0.4) is 0 Å². The molecule has 4 heteroatoms. The SMILES string of the molecule is COCc1c(CC(C)O)ccc2c1OCO2. The quantitative estimate of drug-likeness (QED) is 0.841. The molecule has 0 aliphatic carbocycles. The summed E-state index contributed by atoms with van der Waals surface area (Å²) in [6, 6.07) is 3.83. The second-order valence-corrected chi connectivity index (χ2v) is 3.92. The van der Waals surface area contributed by atoms with Crippen LogP contribution in [0.2, 0.25) is 0 Å². The van der Waals surface area contributed by atoms with Gasteiger partial charge in [-0.05, 0) is 25.0 Å². The minimum absolute atomic E-state index is 0.254. The first kappa shape index (κ1) is 11.2. The standard InChI is InChI=1S/C12H16O4/c1-8(13)5-9-3-4-11-12(16-7-15-11)10(9)6-14-2/h3-4,8,13H,5-7H2,1-2H3. The lowest BCUT2D eigenvalue weighted by Gasteiger charge is -2.12. The van der Waals surface area contributed by atoms with Crippen molar-refractivity contribution in [3.63, 3.8) is 0 Å². The first-order valence-electron chi connectivity index (χ1n) is 5.29. The number of ether oxygens (including phenoxy) is 3. The van der Waals surface area contributed by atoms with Gasteiger partial charge in [0, 0.05) is 12.7 Å². The summed E-state index contributed by atoms with van der Waals surface area (Å²) in [6.45, 7) is 2.49. The van der Waals surface area contributed by atoms with Crippen molar-refractivity contribution in [2.75, 3.05) is 13.9 Å². The maximum Gasteiger partial charge on any atom is 0.231 e. The van der Waals surface area contributed by atoms with E-state index >= 15 is 0 Å². The van der Waals surface area contributed by atoms with E-state index in [2.05, 4.69) is 0 Å². The van der Waals surface area contributed by atoms with Crippen LogP contribution in [0, 0.1) is 0 Å². The number of aliphatic hydroxyl groups is 1. The minimum Gasteiger partial charge on any atom is -0.454 e. The molecule has 1 aromatic rings. The van der Waals surface area contributed by atoms with Crippen molar-refractivity contribution in [2.45, 2.75) is 26.1 Å². The predicted octanol–water partition coefficient (Wildman–Crippen LogP) is 1.48. The van der Waals surface area contributed by atoms with Crippen molar-refractivity contribution in [3.05, 3.63) is 23.3 Å². The summed E-state index contributed by atoms with van der Waals surface area (Å²) in [7, 11) is 1.64. The van der Waals surface area contributed by atoms with E-state index in [1.165, 1.54) is 0 Å². The molecule has 2 rings (SSSR count). The van der Waals surface area contributed by atoms with Gasteiger partial charge in [-0.1, -0.05) is 6.07 Å². The Morgan fingerprint density at radius 1 is 1.44 bits per heavy atom. The average Bonchev–Trinajstić information content (AvgIpc) is 2.69. The molecule has 4 nitrogen and oxygen atoms in total. The molecule has 1 heterocycles. The van der Waals surface area contributed by atoms with Crippen molar-refractivity contribution in [1.82, 2.24) is 0 Å². The van der Waals surface area contributed by atoms with Crippen LogP contribution in [-0.4, -0.2) is 25.1 Å². The fourth-order valence-electron chi connectivity index (χ4n) is 1.88. The molecule has 1 unspecified atom stereocenters. The van der Waals surface area contributed by atoms with Gasteiger partial charge in [-0.15, -0.1) is 0 Å². The molecular formula is C12H16O4. The lowest BCUT2D eigenvalue weighted by atomic mass is 10.0. The maximum atomic E-state index is 9.43. The molecule has 1 aliphatic rings. The van der Waals surface area contributed by atoms with Crippen molar-refractivity contribution in [2.24, 2.45) is 0 Å². The Morgan fingerprint density at radius 2 is 2.25 bits per heavy atom. The molecular weight excluding hydrogens is 208 g/mol. The summed E-state index contributed by atoms with van der Waals surface area (Å²) in [6.07, 6.45) is 0.214. The van der Waals surface area contributed by atoms with Crippen LogP contribution in [0.1, 0.15) is 18.1 Å². The van der Waals surface area contributed by atoms with Crippen LogP contribution in [0.4, 0.5) is 0 Å². The molecule has 88 valence electrons. The largest absolute Gasteiger partial charge is 0.454 e. The van der Waals surface area contributed by atoms with Crippen LogP contribution < -0.4 is 9.47 Å². The first-order valence-corrected chi connectivity index (χ1v) is 5.29. The van der Waals surface area contributed by atoms with Crippen LogP contribution in [0.5, 0.6) is 11.5 Å². The van der Waals surface area contributed by atoms with Gasteiger partial charge < -0.3 is 19.3 Å². The molecule has 16 heavy (non-hydrogen) atoms. The molecule has 1 aliphatic heterocycles. The molecule has 1 atom stereocenters. The topological polar surface area (TPSA) is 47.9 Å². The average molecular weight is 224 g/mol. The third-order valence-corrected chi connectivity index (χ3v) is 2.54. The molecule has 0 fully saturated rings. The maximum absolute atomic E-state index is 9.43. The summed E-state index contributed by atoms with van der Waals surface area (Å²) in [5, 5.41) is 9.43. The molecule has 0 radical (unpaired) electrons. The van der Waals surface area contributed by atoms with Gasteiger partial charge in [-0.3, -0.25) is 0 Å². The van der Waals surface area contributed by atoms with E-state index in [9.17, 15) is 5.11 Å². The molecule has 0 saturated heterocycles. The van der Waals surface area contributed by atoms with E-state index in [4.69, 9.17) is 14.2 Å². The summed E-state index contributed by atoms with van der Waals surface area (Å²) in [4.78, 5) is 0. The first-order chi connectivity index (χ1) is 7.72. The Balaban J connectivity index is 2.36. The summed E-state index contributed by atoms with van der Waals surface area (Å²) in [5.41, 5.74) is 2.01. The van der Waals surface area contributed by atoms with Crippen LogP contribution in [0.25, 0.3) is 0 Å². The fraction of sp³-hybridized carbons (Fsp3) is 0.500. The lowest BCUT2D eigenvalue weighted by Crippen LogP contribution is -2.08. The van der Waals surface area contributed by atoms with Crippen LogP contribution >= 0.6 is 0 Å². The Hall–Kier alpha value is -1.26. The molecule has 0 amide bonds. The number of benzene rings is 1. The predicted molar refractivity (Wildman–Crippen MR) is 58.7 cm³/mol. The van der Waals surface area contributed by atoms with E-state index in [1.807, 2.05) is 12.1 Å². The summed E-state index contributed by atoms with van der Waals surface area (Å²) in [5.74, 6) is 1.50. The van der Waals surface area contributed by atoms with Gasteiger partial charge in [0.05, 0.1) is 12.7 Å². The van der Waals surface area contributed by atoms with Gasteiger partial charge >= 0.3 is 0 Å². The summed E-state index contributed by atoms with van der Waals surface area (Å²) >= 11 is 0. The monoisotopic (exact) mass is 224 g/mol. The molecule has 1 aromatic carbocycles. The number of aliphatic hydroxyl groups excluding tert-OH is 1. The Kier molecular flexibility index (Phi) is 3.31. The van der Waals surface area contributed by atoms with E-state index in [0.717, 1.165) is 22.6 Å². The Morgan fingerprint density at radius 3 is 2.94 bits per heavy atom. The van der Waals surface area contributed by atoms with Gasteiger partial charge in [0.15, 0.2) is 11.5 Å². The molecule has 0 bridgehead atoms. The van der Waals surface area contributed by atoms with Gasteiger partial charge in [0.2, 0.25) is 6.79 Å². The zero-order valence-electron chi connectivity index (χ0n) is 9.53. The third-order valence-electron chi connectivity index (χ3n) is 2.54. The lowest BCUT2D eigenvalue weighted by molar-refractivity contribution is 0.161. The highest BCUT2D eigenvalue weighted by Gasteiger charge is 2.21. The highest BCUT2D eigenvalue weighted by molar-refractivity contribution is 5.52. The van der Waals surface area contributed by atoms with Crippen molar-refractivity contribution in [3.8, 4) is 11.5 Å². The van der Waals surface area contributed by atoms with Gasteiger partial charge in [-0.25, -0.2) is 0 Å². The number of hydrogen-bond donors (Lipinski definition) is 1. The molecule has 1 N–H and O–H groups in total. The highest BCUT2D eigenvalue weighted by atomic mass is 16.7. The van der Waals surface area contributed by atoms with Gasteiger partial charge in [0.1, 0.15) is 0 Å². The van der Waals surface area contributed by atoms with E-state index in [0.29, 0.717) is 13.0 Å². The van der Waals surface area contributed by atoms with E-state index in [-0.39, 0.29) is 12.9 Å². The Labute approximate surface area is 94.8 Å². The number of methoxy groups -OCH3 is 1. The zero-order valence-corrected chi connectivity index (χ0v) is 9.53. The van der Waals surface area contributed by atoms with Gasteiger partial charge in [-0.2, -0.15) is 0 Å². The van der Waals surface area contributed by atoms with Gasteiger partial charge in [0.25, 0.3) is 0 Å². The van der Waals surface area contributed by atoms with Crippen LogP contribution in [0.15, 0.2) is 12.1 Å². The molecule has 0 aromatic heterocycles. The minimum atomic E-state index is -0.379. The van der Waals surface area contributed by atoms with E-state index < -0.39 is 0 Å². The van der Waals surface area contributed by atoms with Crippen molar-refractivity contribution < 1.29 is 19.3 Å².